The van der Waals surface area contributed by atoms with Crippen molar-refractivity contribution in [2.45, 2.75) is 6.54 Å². The van der Waals surface area contributed by atoms with Gasteiger partial charge in [0.15, 0.2) is 11.6 Å². The molecule has 0 aliphatic heterocycles. The number of nitrogens with one attached hydrogen (secondary N) is 1. The number of hydrogen-bond donors (Lipinski definition) is 1. The van der Waals surface area contributed by atoms with E-state index in [-0.39, 0.29) is 17.6 Å². The maximum Gasteiger partial charge on any atom is 0.327 e. The van der Waals surface area contributed by atoms with E-state index in [1.165, 1.54) is 11.8 Å². The van der Waals surface area contributed by atoms with Crippen molar-refractivity contribution in [3.63, 3.8) is 0 Å². The van der Waals surface area contributed by atoms with Gasteiger partial charge < -0.3 is 10.1 Å². The Kier molecular flexibility index (Phi) is 4.07. The Morgan fingerprint density at radius 3 is 3.04 bits per heavy atom. The first kappa shape index (κ1) is 15.2. The number of fused-ring (bicyclic) bond motifs is 1. The van der Waals surface area contributed by atoms with E-state index in [9.17, 15) is 9.18 Å². The number of anilines is 2. The normalized spacial score (nSPS) is 10.7. The maximum absolute atomic E-state index is 13.6. The van der Waals surface area contributed by atoms with Gasteiger partial charge in [0.1, 0.15) is 6.54 Å². The number of ether oxygens (including phenoxy) is 1. The molecule has 0 saturated carbocycles. The van der Waals surface area contributed by atoms with Crippen LogP contribution >= 0.6 is 11.6 Å². The Bertz CT molecular complexity index is 883. The first-order valence-electron chi connectivity index (χ1n) is 6.54. The molecule has 3 rings (SSSR count). The van der Waals surface area contributed by atoms with Crippen molar-refractivity contribution < 1.29 is 13.9 Å². The van der Waals surface area contributed by atoms with Gasteiger partial charge in [0.05, 0.1) is 25.0 Å². The topological polar surface area (TPSA) is 81.9 Å². The first-order valence-corrected chi connectivity index (χ1v) is 6.92. The van der Waals surface area contributed by atoms with Gasteiger partial charge in [-0.2, -0.15) is 10.1 Å². The molecule has 1 aromatic carbocycles. The second-order valence-electron chi connectivity index (χ2n) is 4.61. The number of aromatic nitrogens is 4. The smallest absolute Gasteiger partial charge is 0.327 e. The number of benzene rings is 1. The van der Waals surface area contributed by atoms with Crippen LogP contribution in [0.4, 0.5) is 15.9 Å². The highest BCUT2D eigenvalue weighted by atomic mass is 35.5. The van der Waals surface area contributed by atoms with Gasteiger partial charge >= 0.3 is 5.97 Å². The van der Waals surface area contributed by atoms with E-state index in [0.717, 1.165) is 17.1 Å². The number of halogens is 2. The third-order valence-corrected chi connectivity index (χ3v) is 3.31. The van der Waals surface area contributed by atoms with Crippen molar-refractivity contribution in [1.29, 1.82) is 0 Å². The number of carbonyl (C=O) groups is 1. The Hall–Kier alpha value is -2.74. The molecule has 0 aliphatic rings. The molecule has 0 aliphatic carbocycles. The lowest BCUT2D eigenvalue weighted by atomic mass is 10.2. The summed E-state index contributed by atoms with van der Waals surface area (Å²) in [7, 11) is 1.32. The molecule has 0 saturated heterocycles. The molecule has 0 unspecified atom stereocenters. The molecule has 0 atom stereocenters. The third-order valence-electron chi connectivity index (χ3n) is 3.13. The zero-order valence-corrected chi connectivity index (χ0v) is 12.7. The summed E-state index contributed by atoms with van der Waals surface area (Å²) in [6.07, 6.45) is 2.59. The number of carbonyl (C=O) groups excluding carboxylic acids is 1. The van der Waals surface area contributed by atoms with Gasteiger partial charge in [-0.05, 0) is 29.8 Å². The van der Waals surface area contributed by atoms with Crippen LogP contribution in [-0.2, 0) is 16.1 Å². The summed E-state index contributed by atoms with van der Waals surface area (Å²) in [6.45, 7) is 0.0168. The van der Waals surface area contributed by atoms with Crippen LogP contribution in [0.15, 0.2) is 30.6 Å². The summed E-state index contributed by atoms with van der Waals surface area (Å²) in [4.78, 5) is 18.7. The highest BCUT2D eigenvalue weighted by molar-refractivity contribution is 6.28. The Balaban J connectivity index is 1.89. The zero-order valence-electron chi connectivity index (χ0n) is 12.0. The fourth-order valence-electron chi connectivity index (χ4n) is 2.05. The van der Waals surface area contributed by atoms with E-state index in [1.807, 2.05) is 0 Å². The highest BCUT2D eigenvalue weighted by Crippen LogP contribution is 2.23. The van der Waals surface area contributed by atoms with Crippen molar-refractivity contribution >= 4 is 40.0 Å². The second kappa shape index (κ2) is 6.17. The molecular weight excluding hydrogens is 325 g/mol. The van der Waals surface area contributed by atoms with Gasteiger partial charge in [-0.25, -0.2) is 9.37 Å². The molecule has 2 heterocycles. The maximum atomic E-state index is 13.6. The standard InChI is InChI=1S/C14H11ClFN5O2/c1-23-12(22)7-21-11-3-2-9(4-8(11)5-18-21)19-13-10(16)6-17-14(15)20-13/h2-6H,7H2,1H3,(H,17,19,20). The van der Waals surface area contributed by atoms with Gasteiger partial charge in [0, 0.05) is 11.1 Å². The van der Waals surface area contributed by atoms with Gasteiger partial charge in [-0.1, -0.05) is 0 Å². The van der Waals surface area contributed by atoms with Crippen LogP contribution in [-0.4, -0.2) is 32.8 Å². The van der Waals surface area contributed by atoms with E-state index >= 15 is 0 Å². The van der Waals surface area contributed by atoms with Crippen molar-refractivity contribution in [1.82, 2.24) is 19.7 Å². The molecule has 0 bridgehead atoms. The molecule has 0 amide bonds. The van der Waals surface area contributed by atoms with E-state index in [0.29, 0.717) is 5.69 Å². The van der Waals surface area contributed by atoms with Crippen LogP contribution < -0.4 is 5.32 Å². The Morgan fingerprint density at radius 1 is 1.43 bits per heavy atom. The minimum absolute atomic E-state index is 0.0168. The monoisotopic (exact) mass is 335 g/mol. The number of esters is 1. The summed E-state index contributed by atoms with van der Waals surface area (Å²) in [5.41, 5.74) is 1.35. The molecule has 0 fully saturated rings. The molecule has 9 heteroatoms. The highest BCUT2D eigenvalue weighted by Gasteiger charge is 2.10. The lowest BCUT2D eigenvalue weighted by molar-refractivity contribution is -0.141. The quantitative estimate of drug-likeness (QED) is 0.583. The van der Waals surface area contributed by atoms with Gasteiger partial charge in [-0.3, -0.25) is 9.48 Å². The second-order valence-corrected chi connectivity index (χ2v) is 4.95. The van der Waals surface area contributed by atoms with Gasteiger partial charge in [0.25, 0.3) is 0 Å². The molecule has 0 radical (unpaired) electrons. The Labute approximate surface area is 135 Å². The molecule has 3 aromatic rings. The van der Waals surface area contributed by atoms with E-state index in [4.69, 9.17) is 11.6 Å². The number of rotatable bonds is 4. The van der Waals surface area contributed by atoms with Crippen LogP contribution in [0.2, 0.25) is 5.28 Å². The van der Waals surface area contributed by atoms with Crippen LogP contribution in [0, 0.1) is 5.82 Å². The summed E-state index contributed by atoms with van der Waals surface area (Å²) < 4.78 is 19.8. The average Bonchev–Trinajstić information content (AvgIpc) is 2.93. The van der Waals surface area contributed by atoms with E-state index in [1.54, 1.807) is 24.4 Å². The lowest BCUT2D eigenvalue weighted by Crippen LogP contribution is -2.12. The predicted octanol–water partition coefficient (Wildman–Crippen LogP) is 2.54. The van der Waals surface area contributed by atoms with Crippen LogP contribution in [0.25, 0.3) is 10.9 Å². The van der Waals surface area contributed by atoms with Gasteiger partial charge in [-0.15, -0.1) is 0 Å². The van der Waals surface area contributed by atoms with Crippen LogP contribution in [0.1, 0.15) is 0 Å². The van der Waals surface area contributed by atoms with Crippen molar-refractivity contribution in [3.05, 3.63) is 41.7 Å². The SMILES string of the molecule is COC(=O)Cn1ncc2cc(Nc3nc(Cl)ncc3F)ccc21. The summed E-state index contributed by atoms with van der Waals surface area (Å²) >= 11 is 5.66. The van der Waals surface area contributed by atoms with Crippen molar-refractivity contribution in [2.24, 2.45) is 0 Å². The minimum Gasteiger partial charge on any atom is -0.468 e. The molecule has 7 nitrogen and oxygen atoms in total. The molecular formula is C14H11ClFN5O2. The Morgan fingerprint density at radius 2 is 2.26 bits per heavy atom. The molecule has 0 spiro atoms. The molecule has 1 N–H and O–H groups in total. The molecule has 2 aromatic heterocycles. The van der Waals surface area contributed by atoms with Crippen molar-refractivity contribution in [3.8, 4) is 0 Å². The lowest BCUT2D eigenvalue weighted by Gasteiger charge is -2.07. The average molecular weight is 336 g/mol. The summed E-state index contributed by atoms with van der Waals surface area (Å²) in [5.74, 6) is -1.03. The first-order chi connectivity index (χ1) is 11.1. The van der Waals surface area contributed by atoms with E-state index in [2.05, 4.69) is 25.1 Å². The molecule has 118 valence electrons. The number of nitrogens with zero attached hydrogens (tertiary/aromatic N) is 4. The number of methoxy groups -OCH3 is 1. The fourth-order valence-corrected chi connectivity index (χ4v) is 2.18. The third kappa shape index (κ3) is 3.21. The minimum atomic E-state index is -0.615. The number of hydrogen-bond acceptors (Lipinski definition) is 6. The summed E-state index contributed by atoms with van der Waals surface area (Å²) in [5, 5.41) is 7.68. The van der Waals surface area contributed by atoms with Crippen LogP contribution in [0.3, 0.4) is 0 Å². The zero-order chi connectivity index (χ0) is 16.4. The van der Waals surface area contributed by atoms with Crippen LogP contribution in [0.5, 0.6) is 0 Å². The largest absolute Gasteiger partial charge is 0.468 e. The predicted molar refractivity (Wildman–Crippen MR) is 82.0 cm³/mol. The van der Waals surface area contributed by atoms with Crippen molar-refractivity contribution in [2.75, 3.05) is 12.4 Å². The fraction of sp³-hybridized carbons (Fsp3) is 0.143. The van der Waals surface area contributed by atoms with E-state index < -0.39 is 11.8 Å². The summed E-state index contributed by atoms with van der Waals surface area (Å²) in [6, 6.07) is 5.23. The molecule has 23 heavy (non-hydrogen) atoms. The van der Waals surface area contributed by atoms with Gasteiger partial charge in [0.2, 0.25) is 5.28 Å².